The second-order valence-corrected chi connectivity index (χ2v) is 4.05. The van der Waals surface area contributed by atoms with E-state index in [1.165, 1.54) is 24.7 Å². The van der Waals surface area contributed by atoms with Crippen LogP contribution in [0.5, 0.6) is 5.75 Å². The number of ether oxygens (including phenoxy) is 1. The Morgan fingerprint density at radius 2 is 2.05 bits per heavy atom. The van der Waals surface area contributed by atoms with Gasteiger partial charge in [-0.3, -0.25) is 4.98 Å². The van der Waals surface area contributed by atoms with Crippen LogP contribution >= 0.6 is 0 Å². The second-order valence-electron chi connectivity index (χ2n) is 4.05. The van der Waals surface area contributed by atoms with E-state index in [-0.39, 0.29) is 18.1 Å². The minimum atomic E-state index is -2.89. The van der Waals surface area contributed by atoms with Crippen molar-refractivity contribution in [2.75, 3.05) is 5.32 Å². The quantitative estimate of drug-likeness (QED) is 0.888. The first-order chi connectivity index (χ1) is 10.1. The van der Waals surface area contributed by atoms with Crippen LogP contribution < -0.4 is 10.1 Å². The maximum absolute atomic E-state index is 13.9. The largest absolute Gasteiger partial charge is 0.433 e. The Bertz CT molecular complexity index is 592. The lowest BCUT2D eigenvalue weighted by molar-refractivity contribution is -0.0500. The lowest BCUT2D eigenvalue weighted by Crippen LogP contribution is -2.08. The molecule has 21 heavy (non-hydrogen) atoms. The van der Waals surface area contributed by atoms with Gasteiger partial charge in [-0.05, 0) is 18.6 Å². The van der Waals surface area contributed by atoms with Gasteiger partial charge in [-0.15, -0.1) is 0 Å². The minimum Gasteiger partial charge on any atom is -0.433 e. The van der Waals surface area contributed by atoms with Gasteiger partial charge in [0.05, 0.1) is 24.1 Å². The first-order valence-corrected chi connectivity index (χ1v) is 6.23. The fourth-order valence-electron chi connectivity index (χ4n) is 1.64. The van der Waals surface area contributed by atoms with Gasteiger partial charge in [-0.25, -0.2) is 14.4 Å². The SMILES string of the molecule is CCc1ncnc(NCc2ccc(OC(F)F)cn2)c1F. The predicted octanol–water partition coefficient (Wildman–Crippen LogP) is 2.79. The number of alkyl halides is 2. The number of halogens is 3. The monoisotopic (exact) mass is 298 g/mol. The van der Waals surface area contributed by atoms with Crippen molar-refractivity contribution in [2.24, 2.45) is 0 Å². The standard InChI is InChI=1S/C13H13F3N4O/c1-2-10-11(14)12(20-7-19-10)18-5-8-3-4-9(6-17-8)21-13(15)16/h3-4,6-7,13H,2,5H2,1H3,(H,18,19,20). The maximum atomic E-state index is 13.9. The van der Waals surface area contributed by atoms with Crippen molar-refractivity contribution in [2.45, 2.75) is 26.5 Å². The van der Waals surface area contributed by atoms with Crippen LogP contribution in [0.1, 0.15) is 18.3 Å². The van der Waals surface area contributed by atoms with Gasteiger partial charge in [0, 0.05) is 0 Å². The minimum absolute atomic E-state index is 0.0322. The van der Waals surface area contributed by atoms with E-state index in [2.05, 4.69) is 25.0 Å². The normalized spacial score (nSPS) is 10.7. The highest BCUT2D eigenvalue weighted by Crippen LogP contribution is 2.15. The fourth-order valence-corrected chi connectivity index (χ4v) is 1.64. The van der Waals surface area contributed by atoms with Crippen LogP contribution in [0.3, 0.4) is 0 Å². The van der Waals surface area contributed by atoms with E-state index in [4.69, 9.17) is 0 Å². The molecule has 0 bridgehead atoms. The van der Waals surface area contributed by atoms with Crippen molar-refractivity contribution in [1.29, 1.82) is 0 Å². The molecule has 0 aliphatic heterocycles. The molecule has 0 aliphatic carbocycles. The molecule has 0 saturated carbocycles. The highest BCUT2D eigenvalue weighted by molar-refractivity contribution is 5.37. The number of rotatable bonds is 6. The van der Waals surface area contributed by atoms with Crippen LogP contribution in [-0.4, -0.2) is 21.6 Å². The third-order valence-electron chi connectivity index (χ3n) is 2.66. The van der Waals surface area contributed by atoms with E-state index in [0.717, 1.165) is 0 Å². The molecule has 2 aromatic heterocycles. The topological polar surface area (TPSA) is 59.9 Å². The molecule has 0 aromatic carbocycles. The van der Waals surface area contributed by atoms with Crippen LogP contribution in [0.2, 0.25) is 0 Å². The van der Waals surface area contributed by atoms with Crippen LogP contribution in [0.25, 0.3) is 0 Å². The number of nitrogens with one attached hydrogen (secondary N) is 1. The Hall–Kier alpha value is -2.38. The third-order valence-corrected chi connectivity index (χ3v) is 2.66. The van der Waals surface area contributed by atoms with Crippen molar-refractivity contribution in [3.8, 4) is 5.75 Å². The second kappa shape index (κ2) is 6.87. The molecule has 5 nitrogen and oxygen atoms in total. The van der Waals surface area contributed by atoms with Crippen molar-refractivity contribution in [1.82, 2.24) is 15.0 Å². The number of pyridine rings is 1. The fraction of sp³-hybridized carbons (Fsp3) is 0.308. The summed E-state index contributed by atoms with van der Waals surface area (Å²) < 4.78 is 42.0. The zero-order valence-corrected chi connectivity index (χ0v) is 11.2. The van der Waals surface area contributed by atoms with Crippen molar-refractivity contribution >= 4 is 5.82 Å². The summed E-state index contributed by atoms with van der Waals surface area (Å²) in [7, 11) is 0. The molecule has 0 fully saturated rings. The van der Waals surface area contributed by atoms with E-state index in [9.17, 15) is 13.2 Å². The van der Waals surface area contributed by atoms with E-state index in [1.807, 2.05) is 0 Å². The van der Waals surface area contributed by atoms with Crippen molar-refractivity contribution < 1.29 is 17.9 Å². The van der Waals surface area contributed by atoms with E-state index in [1.54, 1.807) is 6.92 Å². The molecule has 8 heteroatoms. The van der Waals surface area contributed by atoms with Gasteiger partial charge in [0.15, 0.2) is 11.6 Å². The summed E-state index contributed by atoms with van der Waals surface area (Å²) in [5.74, 6) is -0.454. The van der Waals surface area contributed by atoms with E-state index in [0.29, 0.717) is 17.8 Å². The highest BCUT2D eigenvalue weighted by atomic mass is 19.3. The van der Waals surface area contributed by atoms with Crippen molar-refractivity contribution in [3.05, 3.63) is 41.9 Å². The van der Waals surface area contributed by atoms with Crippen LogP contribution in [0, 0.1) is 5.82 Å². The Morgan fingerprint density at radius 1 is 1.24 bits per heavy atom. The molecular formula is C13H13F3N4O. The van der Waals surface area contributed by atoms with Gasteiger partial charge in [0.25, 0.3) is 0 Å². The molecule has 0 spiro atoms. The Kier molecular flexibility index (Phi) is 4.91. The van der Waals surface area contributed by atoms with Crippen LogP contribution in [0.15, 0.2) is 24.7 Å². The summed E-state index contributed by atoms with van der Waals surface area (Å²) >= 11 is 0. The van der Waals surface area contributed by atoms with Gasteiger partial charge >= 0.3 is 6.61 Å². The molecule has 2 aromatic rings. The average Bonchev–Trinajstić information content (AvgIpc) is 2.47. The highest BCUT2D eigenvalue weighted by Gasteiger charge is 2.09. The lowest BCUT2D eigenvalue weighted by atomic mass is 10.3. The van der Waals surface area contributed by atoms with Gasteiger partial charge in [-0.1, -0.05) is 6.92 Å². The third kappa shape index (κ3) is 4.04. The summed E-state index contributed by atoms with van der Waals surface area (Å²) in [6.45, 7) is -0.900. The van der Waals surface area contributed by atoms with Crippen molar-refractivity contribution in [3.63, 3.8) is 0 Å². The molecule has 1 N–H and O–H groups in total. The Balaban J connectivity index is 2.00. The summed E-state index contributed by atoms with van der Waals surface area (Å²) in [6, 6.07) is 2.87. The Morgan fingerprint density at radius 3 is 2.67 bits per heavy atom. The van der Waals surface area contributed by atoms with Gasteiger partial charge < -0.3 is 10.1 Å². The first-order valence-electron chi connectivity index (χ1n) is 6.23. The lowest BCUT2D eigenvalue weighted by Gasteiger charge is -2.08. The number of aromatic nitrogens is 3. The zero-order chi connectivity index (χ0) is 15.2. The molecule has 0 saturated heterocycles. The summed E-state index contributed by atoms with van der Waals surface area (Å²) in [5.41, 5.74) is 0.855. The van der Waals surface area contributed by atoms with E-state index < -0.39 is 12.4 Å². The number of anilines is 1. The summed E-state index contributed by atoms with van der Waals surface area (Å²) in [4.78, 5) is 11.6. The van der Waals surface area contributed by atoms with E-state index >= 15 is 0 Å². The Labute approximate surface area is 119 Å². The molecule has 2 heterocycles. The molecule has 0 atom stereocenters. The average molecular weight is 298 g/mol. The first kappa shape index (κ1) is 15.0. The molecular weight excluding hydrogens is 285 g/mol. The molecule has 0 unspecified atom stereocenters. The molecule has 0 amide bonds. The molecule has 0 aliphatic rings. The zero-order valence-electron chi connectivity index (χ0n) is 11.2. The molecule has 0 radical (unpaired) electrons. The predicted molar refractivity (Wildman–Crippen MR) is 69.6 cm³/mol. The maximum Gasteiger partial charge on any atom is 0.387 e. The molecule has 2 rings (SSSR count). The van der Waals surface area contributed by atoms with Gasteiger partial charge in [0.1, 0.15) is 12.1 Å². The summed E-state index contributed by atoms with van der Waals surface area (Å²) in [5, 5.41) is 2.79. The molecule has 112 valence electrons. The number of hydrogen-bond acceptors (Lipinski definition) is 5. The van der Waals surface area contributed by atoms with Gasteiger partial charge in [-0.2, -0.15) is 8.78 Å². The number of nitrogens with zero attached hydrogens (tertiary/aromatic N) is 3. The number of hydrogen-bond donors (Lipinski definition) is 1. The van der Waals surface area contributed by atoms with Crippen LogP contribution in [0.4, 0.5) is 19.0 Å². The van der Waals surface area contributed by atoms with Crippen LogP contribution in [-0.2, 0) is 13.0 Å². The summed E-state index contributed by atoms with van der Waals surface area (Å²) in [6.07, 6.45) is 2.91. The van der Waals surface area contributed by atoms with Gasteiger partial charge in [0.2, 0.25) is 0 Å². The number of aryl methyl sites for hydroxylation is 1. The smallest absolute Gasteiger partial charge is 0.387 e.